The largest absolute Gasteiger partial charge is 0.378 e. The van der Waals surface area contributed by atoms with Gasteiger partial charge in [-0.3, -0.25) is 0 Å². The SMILES string of the molecule is Brc1ccc(N2CCOCC2)c(N2CCCC2)c1. The Hall–Kier alpha value is -0.740. The Morgan fingerprint density at radius 3 is 2.28 bits per heavy atom. The molecule has 2 fully saturated rings. The van der Waals surface area contributed by atoms with Gasteiger partial charge in [-0.2, -0.15) is 0 Å². The summed E-state index contributed by atoms with van der Waals surface area (Å²) >= 11 is 3.60. The number of rotatable bonds is 2. The molecular weight excluding hydrogens is 292 g/mol. The third-order valence-electron chi connectivity index (χ3n) is 3.74. The highest BCUT2D eigenvalue weighted by Crippen LogP contribution is 2.34. The van der Waals surface area contributed by atoms with Crippen LogP contribution in [-0.4, -0.2) is 39.4 Å². The van der Waals surface area contributed by atoms with Crippen LogP contribution in [0.1, 0.15) is 12.8 Å². The number of morpholine rings is 1. The summed E-state index contributed by atoms with van der Waals surface area (Å²) in [5.41, 5.74) is 2.74. The lowest BCUT2D eigenvalue weighted by atomic mass is 10.2. The lowest BCUT2D eigenvalue weighted by Gasteiger charge is -2.33. The molecule has 0 spiro atoms. The predicted molar refractivity (Wildman–Crippen MR) is 78.6 cm³/mol. The van der Waals surface area contributed by atoms with Gasteiger partial charge in [0.05, 0.1) is 24.6 Å². The molecule has 2 aliphatic heterocycles. The highest BCUT2D eigenvalue weighted by atomic mass is 79.9. The van der Waals surface area contributed by atoms with Gasteiger partial charge in [-0.05, 0) is 31.0 Å². The quantitative estimate of drug-likeness (QED) is 0.835. The Kier molecular flexibility index (Phi) is 3.75. The Morgan fingerprint density at radius 1 is 0.889 bits per heavy atom. The van der Waals surface area contributed by atoms with Gasteiger partial charge in [0, 0.05) is 30.7 Å². The highest BCUT2D eigenvalue weighted by Gasteiger charge is 2.20. The van der Waals surface area contributed by atoms with Crippen LogP contribution in [0.3, 0.4) is 0 Å². The van der Waals surface area contributed by atoms with Crippen LogP contribution in [0.15, 0.2) is 22.7 Å². The molecule has 0 radical (unpaired) electrons. The van der Waals surface area contributed by atoms with E-state index in [-0.39, 0.29) is 0 Å². The molecule has 18 heavy (non-hydrogen) atoms. The molecule has 1 aromatic rings. The average Bonchev–Trinajstić information content (AvgIpc) is 2.93. The smallest absolute Gasteiger partial charge is 0.0642 e. The van der Waals surface area contributed by atoms with E-state index in [1.54, 1.807) is 0 Å². The van der Waals surface area contributed by atoms with Gasteiger partial charge in [0.15, 0.2) is 0 Å². The van der Waals surface area contributed by atoms with Gasteiger partial charge in [0.25, 0.3) is 0 Å². The van der Waals surface area contributed by atoms with Crippen LogP contribution in [0.5, 0.6) is 0 Å². The summed E-state index contributed by atoms with van der Waals surface area (Å²) in [5.74, 6) is 0. The maximum absolute atomic E-state index is 5.45. The zero-order chi connectivity index (χ0) is 12.4. The number of benzene rings is 1. The lowest BCUT2D eigenvalue weighted by molar-refractivity contribution is 0.122. The maximum Gasteiger partial charge on any atom is 0.0642 e. The van der Waals surface area contributed by atoms with Crippen LogP contribution in [0.25, 0.3) is 0 Å². The molecule has 0 bridgehead atoms. The van der Waals surface area contributed by atoms with Crippen molar-refractivity contribution in [3.8, 4) is 0 Å². The lowest BCUT2D eigenvalue weighted by Crippen LogP contribution is -2.37. The number of halogens is 1. The molecule has 3 nitrogen and oxygen atoms in total. The maximum atomic E-state index is 5.45. The summed E-state index contributed by atoms with van der Waals surface area (Å²) in [6, 6.07) is 6.64. The van der Waals surface area contributed by atoms with Crippen molar-refractivity contribution in [3.05, 3.63) is 22.7 Å². The fraction of sp³-hybridized carbons (Fsp3) is 0.571. The van der Waals surface area contributed by atoms with Crippen molar-refractivity contribution < 1.29 is 4.74 Å². The van der Waals surface area contributed by atoms with E-state index >= 15 is 0 Å². The highest BCUT2D eigenvalue weighted by molar-refractivity contribution is 9.10. The van der Waals surface area contributed by atoms with E-state index in [1.165, 1.54) is 41.8 Å². The molecule has 2 aliphatic rings. The van der Waals surface area contributed by atoms with Crippen molar-refractivity contribution in [1.29, 1.82) is 0 Å². The second kappa shape index (κ2) is 5.49. The summed E-state index contributed by atoms with van der Waals surface area (Å²) in [5, 5.41) is 0. The summed E-state index contributed by atoms with van der Waals surface area (Å²) in [7, 11) is 0. The van der Waals surface area contributed by atoms with Crippen LogP contribution in [-0.2, 0) is 4.74 Å². The zero-order valence-electron chi connectivity index (χ0n) is 10.6. The van der Waals surface area contributed by atoms with Gasteiger partial charge in [-0.1, -0.05) is 15.9 Å². The molecule has 0 N–H and O–H groups in total. The molecule has 0 saturated carbocycles. The van der Waals surface area contributed by atoms with Crippen molar-refractivity contribution >= 4 is 27.3 Å². The van der Waals surface area contributed by atoms with Crippen LogP contribution in [0.2, 0.25) is 0 Å². The molecule has 4 heteroatoms. The molecular formula is C14H19BrN2O. The fourth-order valence-corrected chi connectivity index (χ4v) is 3.13. The Labute approximate surface area is 117 Å². The number of hydrogen-bond donors (Lipinski definition) is 0. The predicted octanol–water partition coefficient (Wildman–Crippen LogP) is 2.89. The van der Waals surface area contributed by atoms with Crippen LogP contribution in [0, 0.1) is 0 Å². The molecule has 0 unspecified atom stereocenters. The van der Waals surface area contributed by atoms with Crippen molar-refractivity contribution in [2.24, 2.45) is 0 Å². The Balaban J connectivity index is 1.91. The Bertz CT molecular complexity index is 412. The van der Waals surface area contributed by atoms with Gasteiger partial charge in [0.1, 0.15) is 0 Å². The van der Waals surface area contributed by atoms with E-state index in [0.29, 0.717) is 0 Å². The van der Waals surface area contributed by atoms with E-state index < -0.39 is 0 Å². The molecule has 2 saturated heterocycles. The summed E-state index contributed by atoms with van der Waals surface area (Å²) in [6.07, 6.45) is 2.63. The molecule has 3 rings (SSSR count). The monoisotopic (exact) mass is 310 g/mol. The van der Waals surface area contributed by atoms with Crippen LogP contribution < -0.4 is 9.80 Å². The van der Waals surface area contributed by atoms with E-state index in [9.17, 15) is 0 Å². The standard InChI is InChI=1S/C14H19BrN2O/c15-12-3-4-13(17-7-9-18-10-8-17)14(11-12)16-5-1-2-6-16/h3-4,11H,1-2,5-10H2. The molecule has 0 amide bonds. The van der Waals surface area contributed by atoms with E-state index in [2.05, 4.69) is 43.9 Å². The first-order chi connectivity index (χ1) is 8.84. The first kappa shape index (κ1) is 12.3. The number of nitrogens with zero attached hydrogens (tertiary/aromatic N) is 2. The van der Waals surface area contributed by atoms with Gasteiger partial charge >= 0.3 is 0 Å². The normalized spacial score (nSPS) is 20.5. The van der Waals surface area contributed by atoms with Crippen LogP contribution >= 0.6 is 15.9 Å². The first-order valence-electron chi connectivity index (χ1n) is 6.72. The van der Waals surface area contributed by atoms with Gasteiger partial charge < -0.3 is 14.5 Å². The van der Waals surface area contributed by atoms with Crippen molar-refractivity contribution in [3.63, 3.8) is 0 Å². The average molecular weight is 311 g/mol. The van der Waals surface area contributed by atoms with Gasteiger partial charge in [-0.25, -0.2) is 0 Å². The minimum Gasteiger partial charge on any atom is -0.378 e. The zero-order valence-corrected chi connectivity index (χ0v) is 12.2. The molecule has 98 valence electrons. The number of ether oxygens (including phenoxy) is 1. The molecule has 0 aliphatic carbocycles. The topological polar surface area (TPSA) is 15.7 Å². The third kappa shape index (κ3) is 2.50. The van der Waals surface area contributed by atoms with Crippen LogP contribution in [0.4, 0.5) is 11.4 Å². The van der Waals surface area contributed by atoms with E-state index in [1.807, 2.05) is 0 Å². The molecule has 2 heterocycles. The summed E-state index contributed by atoms with van der Waals surface area (Å²) in [4.78, 5) is 4.96. The minimum atomic E-state index is 0.843. The summed E-state index contributed by atoms with van der Waals surface area (Å²) < 4.78 is 6.61. The third-order valence-corrected chi connectivity index (χ3v) is 4.23. The van der Waals surface area contributed by atoms with Gasteiger partial charge in [-0.15, -0.1) is 0 Å². The fourth-order valence-electron chi connectivity index (χ4n) is 2.78. The van der Waals surface area contributed by atoms with E-state index in [0.717, 1.165) is 26.3 Å². The van der Waals surface area contributed by atoms with Gasteiger partial charge in [0.2, 0.25) is 0 Å². The minimum absolute atomic E-state index is 0.843. The molecule has 1 aromatic carbocycles. The summed E-state index contributed by atoms with van der Waals surface area (Å²) in [6.45, 7) is 6.07. The van der Waals surface area contributed by atoms with Crippen molar-refractivity contribution in [2.75, 3.05) is 49.2 Å². The van der Waals surface area contributed by atoms with E-state index in [4.69, 9.17) is 4.74 Å². The number of hydrogen-bond acceptors (Lipinski definition) is 3. The molecule has 0 atom stereocenters. The second-order valence-corrected chi connectivity index (χ2v) is 5.84. The van der Waals surface area contributed by atoms with Crippen molar-refractivity contribution in [2.45, 2.75) is 12.8 Å². The Morgan fingerprint density at radius 2 is 1.56 bits per heavy atom. The molecule has 0 aromatic heterocycles. The van der Waals surface area contributed by atoms with Crippen molar-refractivity contribution in [1.82, 2.24) is 0 Å². The first-order valence-corrected chi connectivity index (χ1v) is 7.51. The number of anilines is 2. The second-order valence-electron chi connectivity index (χ2n) is 4.93.